The van der Waals surface area contributed by atoms with E-state index < -0.39 is 0 Å². The molecule has 0 spiro atoms. The maximum atomic E-state index is 6.52. The number of methoxy groups -OCH3 is 1. The number of benzene rings is 3. The van der Waals surface area contributed by atoms with Gasteiger partial charge in [-0.2, -0.15) is 0 Å². The van der Waals surface area contributed by atoms with Crippen LogP contribution in [0.15, 0.2) is 66.7 Å². The second-order valence-electron chi connectivity index (χ2n) is 6.84. The van der Waals surface area contributed by atoms with Crippen molar-refractivity contribution >= 4 is 11.6 Å². The van der Waals surface area contributed by atoms with Gasteiger partial charge in [-0.25, -0.2) is 0 Å². The van der Waals surface area contributed by atoms with E-state index in [0.717, 1.165) is 11.1 Å². The summed E-state index contributed by atoms with van der Waals surface area (Å²) in [5.74, 6) is 1.22. The Balaban J connectivity index is 1.69. The molecule has 3 nitrogen and oxygen atoms in total. The van der Waals surface area contributed by atoms with Crippen LogP contribution in [0.25, 0.3) is 0 Å². The molecule has 0 saturated heterocycles. The molecule has 3 aromatic carbocycles. The average molecular weight is 396 g/mol. The van der Waals surface area contributed by atoms with E-state index in [1.807, 2.05) is 42.5 Å². The van der Waals surface area contributed by atoms with Gasteiger partial charge in [-0.15, -0.1) is 0 Å². The molecule has 0 amide bonds. The molecule has 0 bridgehead atoms. The van der Waals surface area contributed by atoms with Gasteiger partial charge in [-0.3, -0.25) is 0 Å². The Morgan fingerprint density at radius 3 is 2.43 bits per heavy atom. The fourth-order valence-electron chi connectivity index (χ4n) is 3.07. The minimum absolute atomic E-state index is 0.239. The Kier molecular flexibility index (Phi) is 6.96. The first kappa shape index (κ1) is 20.2. The third-order valence-electron chi connectivity index (χ3n) is 4.83. The minimum Gasteiger partial charge on any atom is -0.493 e. The van der Waals surface area contributed by atoms with E-state index in [1.54, 1.807) is 7.11 Å². The van der Waals surface area contributed by atoms with Crippen molar-refractivity contribution in [2.24, 2.45) is 0 Å². The Morgan fingerprint density at radius 1 is 1.00 bits per heavy atom. The molecule has 0 heterocycles. The van der Waals surface area contributed by atoms with E-state index in [-0.39, 0.29) is 6.04 Å². The molecular weight excluding hydrogens is 370 g/mol. The van der Waals surface area contributed by atoms with Crippen LogP contribution in [0.2, 0.25) is 5.02 Å². The minimum atomic E-state index is 0.239. The smallest absolute Gasteiger partial charge is 0.180 e. The second-order valence-corrected chi connectivity index (χ2v) is 7.24. The van der Waals surface area contributed by atoms with Gasteiger partial charge in [0.05, 0.1) is 12.1 Å². The predicted octanol–water partition coefficient (Wildman–Crippen LogP) is 6.09. The van der Waals surface area contributed by atoms with Gasteiger partial charge in [-0.05, 0) is 48.2 Å². The maximum absolute atomic E-state index is 6.52. The molecule has 0 aliphatic rings. The third-order valence-corrected chi connectivity index (χ3v) is 5.12. The van der Waals surface area contributed by atoms with Gasteiger partial charge in [0.1, 0.15) is 6.61 Å². The lowest BCUT2D eigenvalue weighted by atomic mass is 10.1. The number of hydrogen-bond acceptors (Lipinski definition) is 3. The zero-order valence-corrected chi connectivity index (χ0v) is 17.3. The summed E-state index contributed by atoms with van der Waals surface area (Å²) in [6, 6.07) is 22.7. The average Bonchev–Trinajstić information content (AvgIpc) is 2.72. The Hall–Kier alpha value is -2.49. The molecule has 3 aromatic rings. The first-order valence-corrected chi connectivity index (χ1v) is 9.78. The molecule has 0 aromatic heterocycles. The standard InChI is InChI=1S/C24H26ClNO2/c1-17-9-7-8-12-21(17)16-28-24-22(25)13-19(14-23(24)27-3)15-26-18(2)20-10-5-4-6-11-20/h4-14,18,26H,15-16H2,1-3H3/t18-/m1/s1. The SMILES string of the molecule is COc1cc(CN[C@H](C)c2ccccc2)cc(Cl)c1OCc1ccccc1C. The Labute approximate surface area is 172 Å². The third kappa shape index (κ3) is 5.06. The van der Waals surface area contributed by atoms with Gasteiger partial charge in [0, 0.05) is 12.6 Å². The summed E-state index contributed by atoms with van der Waals surface area (Å²) >= 11 is 6.52. The van der Waals surface area contributed by atoms with Crippen LogP contribution in [0.5, 0.6) is 11.5 Å². The van der Waals surface area contributed by atoms with E-state index >= 15 is 0 Å². The molecule has 0 aliphatic heterocycles. The molecular formula is C24H26ClNO2. The molecule has 0 unspecified atom stereocenters. The van der Waals surface area contributed by atoms with E-state index in [9.17, 15) is 0 Å². The first-order valence-electron chi connectivity index (χ1n) is 9.40. The van der Waals surface area contributed by atoms with Gasteiger partial charge >= 0.3 is 0 Å². The molecule has 146 valence electrons. The highest BCUT2D eigenvalue weighted by Crippen LogP contribution is 2.37. The maximum Gasteiger partial charge on any atom is 0.180 e. The van der Waals surface area contributed by atoms with E-state index in [1.165, 1.54) is 11.1 Å². The topological polar surface area (TPSA) is 30.5 Å². The van der Waals surface area contributed by atoms with Gasteiger partial charge in [-0.1, -0.05) is 66.2 Å². The fourth-order valence-corrected chi connectivity index (χ4v) is 3.36. The molecule has 0 radical (unpaired) electrons. The molecule has 3 rings (SSSR count). The van der Waals surface area contributed by atoms with Crippen LogP contribution in [0.4, 0.5) is 0 Å². The summed E-state index contributed by atoms with van der Waals surface area (Å²) in [5, 5.41) is 4.08. The monoisotopic (exact) mass is 395 g/mol. The van der Waals surface area contributed by atoms with Crippen LogP contribution in [-0.4, -0.2) is 7.11 Å². The Morgan fingerprint density at radius 2 is 1.71 bits per heavy atom. The summed E-state index contributed by atoms with van der Waals surface area (Å²) in [7, 11) is 1.64. The first-order chi connectivity index (χ1) is 13.6. The van der Waals surface area contributed by atoms with Crippen molar-refractivity contribution in [1.82, 2.24) is 5.32 Å². The molecule has 1 N–H and O–H groups in total. The lowest BCUT2D eigenvalue weighted by Gasteiger charge is -2.17. The van der Waals surface area contributed by atoms with Crippen molar-refractivity contribution in [1.29, 1.82) is 0 Å². The molecule has 4 heteroatoms. The number of hydrogen-bond donors (Lipinski definition) is 1. The lowest BCUT2D eigenvalue weighted by molar-refractivity contribution is 0.284. The summed E-state index contributed by atoms with van der Waals surface area (Å²) in [6.45, 7) is 5.35. The quantitative estimate of drug-likeness (QED) is 0.500. The Bertz CT molecular complexity index is 912. The van der Waals surface area contributed by atoms with Crippen LogP contribution in [-0.2, 0) is 13.2 Å². The van der Waals surface area contributed by atoms with Crippen molar-refractivity contribution in [3.8, 4) is 11.5 Å². The van der Waals surface area contributed by atoms with E-state index in [4.69, 9.17) is 21.1 Å². The molecule has 0 saturated carbocycles. The van der Waals surface area contributed by atoms with Crippen molar-refractivity contribution in [3.63, 3.8) is 0 Å². The van der Waals surface area contributed by atoms with Gasteiger partial charge in [0.2, 0.25) is 0 Å². The number of halogens is 1. The zero-order valence-electron chi connectivity index (χ0n) is 16.5. The van der Waals surface area contributed by atoms with Crippen LogP contribution < -0.4 is 14.8 Å². The highest BCUT2D eigenvalue weighted by molar-refractivity contribution is 6.32. The number of rotatable bonds is 8. The fraction of sp³-hybridized carbons (Fsp3) is 0.250. The largest absolute Gasteiger partial charge is 0.493 e. The van der Waals surface area contributed by atoms with Crippen LogP contribution in [0.1, 0.15) is 35.2 Å². The van der Waals surface area contributed by atoms with E-state index in [2.05, 4.69) is 43.4 Å². The molecule has 0 fully saturated rings. The summed E-state index contributed by atoms with van der Waals surface area (Å²) < 4.78 is 11.5. The molecule has 0 aliphatic carbocycles. The predicted molar refractivity (Wildman–Crippen MR) is 115 cm³/mol. The highest BCUT2D eigenvalue weighted by Gasteiger charge is 2.14. The second kappa shape index (κ2) is 9.63. The normalized spacial score (nSPS) is 11.9. The zero-order chi connectivity index (χ0) is 19.9. The number of ether oxygens (including phenoxy) is 2. The summed E-state index contributed by atoms with van der Waals surface area (Å²) in [6.07, 6.45) is 0. The van der Waals surface area contributed by atoms with E-state index in [0.29, 0.717) is 29.7 Å². The van der Waals surface area contributed by atoms with Gasteiger partial charge < -0.3 is 14.8 Å². The van der Waals surface area contributed by atoms with Crippen LogP contribution in [0, 0.1) is 6.92 Å². The van der Waals surface area contributed by atoms with Crippen molar-refractivity contribution in [2.45, 2.75) is 33.0 Å². The van der Waals surface area contributed by atoms with Gasteiger partial charge in [0.25, 0.3) is 0 Å². The summed E-state index contributed by atoms with van der Waals surface area (Å²) in [5.41, 5.74) is 4.61. The molecule has 28 heavy (non-hydrogen) atoms. The van der Waals surface area contributed by atoms with Crippen molar-refractivity contribution < 1.29 is 9.47 Å². The molecule has 1 atom stereocenters. The van der Waals surface area contributed by atoms with Crippen molar-refractivity contribution in [3.05, 3.63) is 94.0 Å². The summed E-state index contributed by atoms with van der Waals surface area (Å²) in [4.78, 5) is 0. The van der Waals surface area contributed by atoms with Crippen LogP contribution in [0.3, 0.4) is 0 Å². The van der Waals surface area contributed by atoms with Crippen molar-refractivity contribution in [2.75, 3.05) is 7.11 Å². The highest BCUT2D eigenvalue weighted by atomic mass is 35.5. The van der Waals surface area contributed by atoms with Crippen LogP contribution >= 0.6 is 11.6 Å². The number of nitrogens with one attached hydrogen (secondary N) is 1. The lowest BCUT2D eigenvalue weighted by Crippen LogP contribution is -2.18. The number of aryl methyl sites for hydroxylation is 1. The van der Waals surface area contributed by atoms with Gasteiger partial charge in [0.15, 0.2) is 11.5 Å².